The van der Waals surface area contributed by atoms with Gasteiger partial charge in [-0.3, -0.25) is 0 Å². The molecule has 0 radical (unpaired) electrons. The quantitative estimate of drug-likeness (QED) is 0.503. The largest absolute Gasteiger partial charge is 0.330 e. The zero-order chi connectivity index (χ0) is 5.54. The summed E-state index contributed by atoms with van der Waals surface area (Å²) in [4.78, 5) is 0. The minimum Gasteiger partial charge on any atom is -0.330 e. The normalized spacial score (nSPS) is 6.00. The van der Waals surface area contributed by atoms with Crippen molar-refractivity contribution < 1.29 is 0 Å². The standard InChI is InChI=1S/C4H13N3.4ClH/c5-2-1-3-7-4-6;;;;/h7H,1-6H2;4*1H. The Bertz CT molecular complexity index is 36.5. The highest BCUT2D eigenvalue weighted by molar-refractivity contribution is 5.86. The SMILES string of the molecule is Cl.Cl.Cl.Cl.NCCCNCN. The molecule has 11 heavy (non-hydrogen) atoms. The Balaban J connectivity index is -0.0000000300. The summed E-state index contributed by atoms with van der Waals surface area (Å²) in [5, 5.41) is 2.95. The van der Waals surface area contributed by atoms with Crippen LogP contribution in [-0.2, 0) is 0 Å². The van der Waals surface area contributed by atoms with Crippen molar-refractivity contribution in [1.29, 1.82) is 0 Å². The summed E-state index contributed by atoms with van der Waals surface area (Å²) in [6, 6.07) is 0. The van der Waals surface area contributed by atoms with Gasteiger partial charge in [-0.25, -0.2) is 0 Å². The van der Waals surface area contributed by atoms with Crippen LogP contribution < -0.4 is 16.8 Å². The van der Waals surface area contributed by atoms with Crippen LogP contribution in [0.2, 0.25) is 0 Å². The first kappa shape index (κ1) is 29.6. The van der Waals surface area contributed by atoms with Gasteiger partial charge in [-0.15, -0.1) is 49.6 Å². The van der Waals surface area contributed by atoms with Crippen molar-refractivity contribution in [2.75, 3.05) is 19.8 Å². The molecule has 0 saturated heterocycles. The van der Waals surface area contributed by atoms with Gasteiger partial charge in [0.25, 0.3) is 0 Å². The number of hydrogen-bond donors (Lipinski definition) is 3. The van der Waals surface area contributed by atoms with Crippen molar-refractivity contribution in [3.63, 3.8) is 0 Å². The zero-order valence-electron chi connectivity index (χ0n) is 6.12. The predicted molar refractivity (Wildman–Crippen MR) is 59.7 cm³/mol. The van der Waals surface area contributed by atoms with Crippen molar-refractivity contribution in [3.05, 3.63) is 0 Å². The second-order valence-electron chi connectivity index (χ2n) is 1.35. The summed E-state index contributed by atoms with van der Waals surface area (Å²) >= 11 is 0. The number of hydrogen-bond acceptors (Lipinski definition) is 3. The molecule has 3 nitrogen and oxygen atoms in total. The Kier molecular flexibility index (Phi) is 82.1. The molecular formula is C4H17Cl4N3. The third kappa shape index (κ3) is 35.5. The first-order valence-corrected chi connectivity index (χ1v) is 2.52. The van der Waals surface area contributed by atoms with Crippen LogP contribution in [0.25, 0.3) is 0 Å². The van der Waals surface area contributed by atoms with Crippen LogP contribution in [-0.4, -0.2) is 19.8 Å². The van der Waals surface area contributed by atoms with Crippen LogP contribution in [0.1, 0.15) is 6.42 Å². The summed E-state index contributed by atoms with van der Waals surface area (Å²) < 4.78 is 0. The molecule has 0 unspecified atom stereocenters. The smallest absolute Gasteiger partial charge is 0.0428 e. The maximum Gasteiger partial charge on any atom is 0.0428 e. The molecule has 0 aliphatic carbocycles. The lowest BCUT2D eigenvalue weighted by atomic mass is 10.4. The highest BCUT2D eigenvalue weighted by atomic mass is 35.5. The molecule has 0 aromatic carbocycles. The number of nitrogens with one attached hydrogen (secondary N) is 1. The van der Waals surface area contributed by atoms with E-state index < -0.39 is 0 Å². The average Bonchev–Trinajstić information content (AvgIpc) is 1.69. The molecule has 0 saturated carbocycles. The highest BCUT2D eigenvalue weighted by Crippen LogP contribution is 1.64. The van der Waals surface area contributed by atoms with Gasteiger partial charge in [0.05, 0.1) is 0 Å². The Morgan fingerprint density at radius 3 is 1.64 bits per heavy atom. The third-order valence-electron chi connectivity index (χ3n) is 0.702. The second-order valence-corrected chi connectivity index (χ2v) is 1.35. The summed E-state index contributed by atoms with van der Waals surface area (Å²) in [6.45, 7) is 2.24. The maximum absolute atomic E-state index is 5.19. The molecule has 0 bridgehead atoms. The summed E-state index contributed by atoms with van der Waals surface area (Å²) in [5.74, 6) is 0. The molecule has 0 amide bonds. The Labute approximate surface area is 92.7 Å². The number of rotatable bonds is 4. The van der Waals surface area contributed by atoms with Gasteiger partial charge in [-0.05, 0) is 19.5 Å². The summed E-state index contributed by atoms with van der Waals surface area (Å²) in [7, 11) is 0. The van der Waals surface area contributed by atoms with E-state index in [1.54, 1.807) is 0 Å². The molecule has 0 aromatic rings. The van der Waals surface area contributed by atoms with E-state index in [-0.39, 0.29) is 49.6 Å². The predicted octanol–water partition coefficient (Wildman–Crippen LogP) is 0.528. The van der Waals surface area contributed by atoms with Gasteiger partial charge in [0, 0.05) is 6.67 Å². The molecule has 0 rings (SSSR count). The van der Waals surface area contributed by atoms with Gasteiger partial charge in [0.2, 0.25) is 0 Å². The molecular weight excluding hydrogens is 232 g/mol. The lowest BCUT2D eigenvalue weighted by Gasteiger charge is -1.95. The lowest BCUT2D eigenvalue weighted by molar-refractivity contribution is 0.668. The van der Waals surface area contributed by atoms with Crippen LogP contribution in [0.3, 0.4) is 0 Å². The lowest BCUT2D eigenvalue weighted by Crippen LogP contribution is -2.24. The number of halogens is 4. The minimum absolute atomic E-state index is 0. The van der Waals surface area contributed by atoms with Crippen LogP contribution in [0.4, 0.5) is 0 Å². The van der Waals surface area contributed by atoms with Crippen LogP contribution in [0.5, 0.6) is 0 Å². The van der Waals surface area contributed by atoms with Gasteiger partial charge >= 0.3 is 0 Å². The third-order valence-corrected chi connectivity index (χ3v) is 0.702. The average molecular weight is 249 g/mol. The maximum atomic E-state index is 5.19. The van der Waals surface area contributed by atoms with Gasteiger partial charge < -0.3 is 16.8 Å². The molecule has 76 valence electrons. The van der Waals surface area contributed by atoms with E-state index in [0.29, 0.717) is 6.67 Å². The van der Waals surface area contributed by atoms with Gasteiger partial charge in [-0.1, -0.05) is 0 Å². The fourth-order valence-corrected chi connectivity index (χ4v) is 0.329. The van der Waals surface area contributed by atoms with Crippen LogP contribution in [0.15, 0.2) is 0 Å². The van der Waals surface area contributed by atoms with E-state index in [2.05, 4.69) is 5.32 Å². The molecule has 0 aliphatic heterocycles. The van der Waals surface area contributed by atoms with Gasteiger partial charge in [0.15, 0.2) is 0 Å². The molecule has 0 aromatic heterocycles. The Morgan fingerprint density at radius 1 is 0.909 bits per heavy atom. The second kappa shape index (κ2) is 30.5. The zero-order valence-corrected chi connectivity index (χ0v) is 9.38. The highest BCUT2D eigenvalue weighted by Gasteiger charge is 1.77. The van der Waals surface area contributed by atoms with E-state index in [9.17, 15) is 0 Å². The Hall–Kier alpha value is 1.04. The van der Waals surface area contributed by atoms with E-state index in [4.69, 9.17) is 11.5 Å². The topological polar surface area (TPSA) is 64.1 Å². The molecule has 0 fully saturated rings. The molecule has 5 N–H and O–H groups in total. The molecule has 0 aliphatic rings. The summed E-state index contributed by atoms with van der Waals surface area (Å²) in [6.07, 6.45) is 1.01. The van der Waals surface area contributed by atoms with Crippen molar-refractivity contribution in [3.8, 4) is 0 Å². The van der Waals surface area contributed by atoms with E-state index in [0.717, 1.165) is 19.5 Å². The fraction of sp³-hybridized carbons (Fsp3) is 1.00. The molecule has 7 heteroatoms. The van der Waals surface area contributed by atoms with Crippen molar-refractivity contribution in [2.45, 2.75) is 6.42 Å². The van der Waals surface area contributed by atoms with Crippen LogP contribution in [0, 0.1) is 0 Å². The Morgan fingerprint density at radius 2 is 1.36 bits per heavy atom. The van der Waals surface area contributed by atoms with Crippen LogP contribution >= 0.6 is 49.6 Å². The van der Waals surface area contributed by atoms with E-state index in [1.165, 1.54) is 0 Å². The molecule has 0 atom stereocenters. The van der Waals surface area contributed by atoms with Crippen molar-refractivity contribution in [1.82, 2.24) is 5.32 Å². The van der Waals surface area contributed by atoms with Gasteiger partial charge in [-0.2, -0.15) is 0 Å². The van der Waals surface area contributed by atoms with E-state index >= 15 is 0 Å². The van der Waals surface area contributed by atoms with Crippen molar-refractivity contribution in [2.24, 2.45) is 11.5 Å². The fourth-order valence-electron chi connectivity index (χ4n) is 0.329. The minimum atomic E-state index is 0. The van der Waals surface area contributed by atoms with Crippen molar-refractivity contribution >= 4 is 49.6 Å². The number of nitrogens with two attached hydrogens (primary N) is 2. The summed E-state index contributed by atoms with van der Waals surface area (Å²) in [5.41, 5.74) is 10.3. The van der Waals surface area contributed by atoms with E-state index in [1.807, 2.05) is 0 Å². The molecule has 0 heterocycles. The molecule has 0 spiro atoms. The monoisotopic (exact) mass is 247 g/mol. The first-order chi connectivity index (χ1) is 3.41. The van der Waals surface area contributed by atoms with Gasteiger partial charge in [0.1, 0.15) is 0 Å². The first-order valence-electron chi connectivity index (χ1n) is 2.52.